The molecule has 1 unspecified atom stereocenters. The monoisotopic (exact) mass is 425 g/mol. The van der Waals surface area contributed by atoms with E-state index in [9.17, 15) is 23.9 Å². The summed E-state index contributed by atoms with van der Waals surface area (Å²) in [6.45, 7) is 1.51. The average Bonchev–Trinajstić information content (AvgIpc) is 2.95. The Bertz CT molecular complexity index is 1270. The normalized spacial score (nSPS) is 15.3. The van der Waals surface area contributed by atoms with Crippen LogP contribution in [0.15, 0.2) is 35.3 Å². The molecule has 1 aromatic carbocycles. The number of ketones is 1. The molecule has 0 radical (unpaired) electrons. The van der Waals surface area contributed by atoms with E-state index < -0.39 is 28.9 Å². The summed E-state index contributed by atoms with van der Waals surface area (Å²) in [5.74, 6) is -1.63. The molecular weight excluding hydrogens is 405 g/mol. The standard InChI is InChI=1S/C22H20FN3O5/c1-11(27)15-7-8-26-18-17(19(28)16(22(26)30)21(29)24-2)25-10-13(20(18)31-15)9-12-3-5-14(23)6-4-12/h3-6,10,15,28H,7-9H2,1-2H3,(H,24,29). The molecule has 8 nitrogen and oxygen atoms in total. The highest BCUT2D eigenvalue weighted by atomic mass is 19.1. The molecule has 31 heavy (non-hydrogen) atoms. The van der Waals surface area contributed by atoms with Crippen molar-refractivity contribution in [3.8, 4) is 11.5 Å². The van der Waals surface area contributed by atoms with Gasteiger partial charge in [-0.1, -0.05) is 12.1 Å². The second kappa shape index (κ2) is 7.82. The number of hydrogen-bond donors (Lipinski definition) is 2. The van der Waals surface area contributed by atoms with E-state index in [2.05, 4.69) is 10.3 Å². The van der Waals surface area contributed by atoms with Crippen LogP contribution in [0.25, 0.3) is 11.0 Å². The van der Waals surface area contributed by atoms with Gasteiger partial charge in [0.1, 0.15) is 22.4 Å². The zero-order valence-corrected chi connectivity index (χ0v) is 16.9. The molecule has 1 aliphatic rings. The number of benzene rings is 1. The van der Waals surface area contributed by atoms with Crippen molar-refractivity contribution >= 4 is 22.7 Å². The Hall–Kier alpha value is -3.75. The Labute approximate surface area is 176 Å². The van der Waals surface area contributed by atoms with Crippen LogP contribution in [-0.4, -0.2) is 39.5 Å². The first-order chi connectivity index (χ1) is 14.8. The SMILES string of the molecule is CNC(=O)c1c(O)c2ncc(Cc3ccc(F)cc3)c3c2n(c1=O)CCC(C(C)=O)O3. The minimum absolute atomic E-state index is 0.0280. The van der Waals surface area contributed by atoms with Gasteiger partial charge < -0.3 is 19.7 Å². The lowest BCUT2D eigenvalue weighted by Crippen LogP contribution is -2.32. The van der Waals surface area contributed by atoms with Gasteiger partial charge in [-0.25, -0.2) is 4.39 Å². The van der Waals surface area contributed by atoms with E-state index >= 15 is 0 Å². The number of nitrogens with zero attached hydrogens (tertiary/aromatic N) is 2. The molecule has 9 heteroatoms. The van der Waals surface area contributed by atoms with Crippen molar-refractivity contribution in [2.45, 2.75) is 32.4 Å². The number of pyridine rings is 2. The van der Waals surface area contributed by atoms with Crippen molar-refractivity contribution in [2.75, 3.05) is 7.05 Å². The number of aryl methyl sites for hydroxylation is 1. The molecule has 0 saturated heterocycles. The zero-order valence-electron chi connectivity index (χ0n) is 16.9. The van der Waals surface area contributed by atoms with E-state index in [1.165, 1.54) is 36.9 Å². The van der Waals surface area contributed by atoms with E-state index in [0.717, 1.165) is 5.56 Å². The van der Waals surface area contributed by atoms with Gasteiger partial charge in [-0.3, -0.25) is 19.4 Å². The highest BCUT2D eigenvalue weighted by Gasteiger charge is 2.30. The molecule has 3 aromatic rings. The van der Waals surface area contributed by atoms with Gasteiger partial charge in [0.05, 0.1) is 0 Å². The first-order valence-corrected chi connectivity index (χ1v) is 9.72. The number of carbonyl (C=O) groups is 2. The maximum absolute atomic E-state index is 13.3. The molecule has 0 spiro atoms. The number of nitrogens with one attached hydrogen (secondary N) is 1. The van der Waals surface area contributed by atoms with Gasteiger partial charge in [0.25, 0.3) is 11.5 Å². The van der Waals surface area contributed by atoms with Gasteiger partial charge in [0, 0.05) is 38.2 Å². The highest BCUT2D eigenvalue weighted by Crippen LogP contribution is 2.37. The van der Waals surface area contributed by atoms with Crippen molar-refractivity contribution < 1.29 is 23.8 Å². The number of aromatic nitrogens is 2. The van der Waals surface area contributed by atoms with Crippen LogP contribution >= 0.6 is 0 Å². The van der Waals surface area contributed by atoms with Crippen molar-refractivity contribution in [2.24, 2.45) is 0 Å². The summed E-state index contributed by atoms with van der Waals surface area (Å²) in [6, 6.07) is 5.89. The molecule has 4 rings (SSSR count). The lowest BCUT2D eigenvalue weighted by Gasteiger charge is -2.18. The summed E-state index contributed by atoms with van der Waals surface area (Å²) in [5, 5.41) is 13.0. The highest BCUT2D eigenvalue weighted by molar-refractivity contribution is 6.02. The van der Waals surface area contributed by atoms with Crippen LogP contribution in [0.1, 0.15) is 34.8 Å². The summed E-state index contributed by atoms with van der Waals surface area (Å²) in [4.78, 5) is 41.7. The van der Waals surface area contributed by atoms with Crippen LogP contribution in [0.2, 0.25) is 0 Å². The van der Waals surface area contributed by atoms with Gasteiger partial charge >= 0.3 is 0 Å². The maximum atomic E-state index is 13.3. The van der Waals surface area contributed by atoms with Crippen LogP contribution in [-0.2, 0) is 17.8 Å². The van der Waals surface area contributed by atoms with E-state index in [0.29, 0.717) is 12.0 Å². The quantitative estimate of drug-likeness (QED) is 0.661. The number of carbonyl (C=O) groups excluding carboxylic acids is 2. The molecular formula is C22H20FN3O5. The molecule has 1 atom stereocenters. The molecule has 3 heterocycles. The molecule has 0 saturated carbocycles. The van der Waals surface area contributed by atoms with Crippen LogP contribution < -0.4 is 15.6 Å². The van der Waals surface area contributed by atoms with Crippen LogP contribution in [0.5, 0.6) is 11.5 Å². The fourth-order valence-electron chi connectivity index (χ4n) is 3.76. The van der Waals surface area contributed by atoms with Crippen molar-refractivity contribution in [1.82, 2.24) is 14.9 Å². The Kier molecular flexibility index (Phi) is 5.18. The van der Waals surface area contributed by atoms with Gasteiger partial charge in [-0.15, -0.1) is 0 Å². The van der Waals surface area contributed by atoms with E-state index in [1.807, 2.05) is 0 Å². The largest absolute Gasteiger partial charge is 0.505 e. The second-order valence-electron chi connectivity index (χ2n) is 7.38. The van der Waals surface area contributed by atoms with Crippen LogP contribution in [0.3, 0.4) is 0 Å². The molecule has 160 valence electrons. The van der Waals surface area contributed by atoms with E-state index in [1.54, 1.807) is 12.1 Å². The van der Waals surface area contributed by atoms with Crippen LogP contribution in [0, 0.1) is 5.82 Å². The van der Waals surface area contributed by atoms with Gasteiger partial charge in [0.15, 0.2) is 23.4 Å². The molecule has 1 amide bonds. The predicted molar refractivity (Wildman–Crippen MR) is 110 cm³/mol. The average molecular weight is 425 g/mol. The molecule has 0 fully saturated rings. The van der Waals surface area contributed by atoms with Gasteiger partial charge in [-0.05, 0) is 24.6 Å². The molecule has 2 N–H and O–H groups in total. The minimum Gasteiger partial charge on any atom is -0.505 e. The van der Waals surface area contributed by atoms with Crippen LogP contribution in [0.4, 0.5) is 4.39 Å². The second-order valence-corrected chi connectivity index (χ2v) is 7.38. The molecule has 1 aliphatic heterocycles. The summed E-state index contributed by atoms with van der Waals surface area (Å²) in [6.07, 6.45) is 1.18. The smallest absolute Gasteiger partial charge is 0.267 e. The summed E-state index contributed by atoms with van der Waals surface area (Å²) in [5.41, 5.74) is 0.470. The molecule has 2 aromatic heterocycles. The lowest BCUT2D eigenvalue weighted by molar-refractivity contribution is -0.123. The number of amides is 1. The fraction of sp³-hybridized carbons (Fsp3) is 0.273. The number of Topliss-reactive ketones (excluding diaryl/α,β-unsaturated/α-hetero) is 1. The summed E-state index contributed by atoms with van der Waals surface area (Å²) >= 11 is 0. The van der Waals surface area contributed by atoms with Crippen molar-refractivity contribution in [3.63, 3.8) is 0 Å². The number of hydrogen-bond acceptors (Lipinski definition) is 6. The number of rotatable bonds is 4. The first kappa shape index (κ1) is 20.5. The van der Waals surface area contributed by atoms with Crippen molar-refractivity contribution in [3.05, 3.63) is 63.3 Å². The summed E-state index contributed by atoms with van der Waals surface area (Å²) in [7, 11) is 1.35. The first-order valence-electron chi connectivity index (χ1n) is 9.72. The zero-order chi connectivity index (χ0) is 22.3. The van der Waals surface area contributed by atoms with Gasteiger partial charge in [0.2, 0.25) is 0 Å². The third kappa shape index (κ3) is 3.52. The Morgan fingerprint density at radius 1 is 1.32 bits per heavy atom. The fourth-order valence-corrected chi connectivity index (χ4v) is 3.76. The van der Waals surface area contributed by atoms with E-state index in [4.69, 9.17) is 4.74 Å². The Balaban J connectivity index is 1.99. The van der Waals surface area contributed by atoms with E-state index in [-0.39, 0.29) is 41.3 Å². The van der Waals surface area contributed by atoms with Gasteiger partial charge in [-0.2, -0.15) is 0 Å². The Morgan fingerprint density at radius 3 is 2.68 bits per heavy atom. The lowest BCUT2D eigenvalue weighted by atomic mass is 10.0. The third-order valence-electron chi connectivity index (χ3n) is 5.36. The third-order valence-corrected chi connectivity index (χ3v) is 5.36. The number of aromatic hydroxyl groups is 1. The molecule has 0 aliphatic carbocycles. The minimum atomic E-state index is -0.803. The Morgan fingerprint density at radius 2 is 2.03 bits per heavy atom. The number of ether oxygens (including phenoxy) is 1. The number of halogens is 1. The maximum Gasteiger partial charge on any atom is 0.267 e. The predicted octanol–water partition coefficient (Wildman–Crippen LogP) is 1.93. The summed E-state index contributed by atoms with van der Waals surface area (Å²) < 4.78 is 20.6. The van der Waals surface area contributed by atoms with Crippen molar-refractivity contribution in [1.29, 1.82) is 0 Å². The molecule has 0 bridgehead atoms. The topological polar surface area (TPSA) is 111 Å².